The number of nitrogens with two attached hydrogens (primary N) is 3. The summed E-state index contributed by atoms with van der Waals surface area (Å²) >= 11 is 0. The van der Waals surface area contributed by atoms with E-state index in [9.17, 15) is 14.4 Å². The van der Waals surface area contributed by atoms with Gasteiger partial charge in [0.1, 0.15) is 17.4 Å². The largest absolute Gasteiger partial charge is 0.480 e. The summed E-state index contributed by atoms with van der Waals surface area (Å²) in [7, 11) is 0. The maximum atomic E-state index is 10.5. The summed E-state index contributed by atoms with van der Waals surface area (Å²) in [5.74, 6) is -2.44. The minimum atomic E-state index is -1.04. The topological polar surface area (TPSA) is 185 Å². The molecule has 1 heterocycles. The zero-order valence-corrected chi connectivity index (χ0v) is 13.7. The SMILES string of the molecule is NC(=O)c1cnc(C(N)=O)cn1.N[C@@H](COCc1ccccc1)C(=O)O. The van der Waals surface area contributed by atoms with Crippen LogP contribution in [-0.4, -0.2) is 45.5 Å². The van der Waals surface area contributed by atoms with Crippen LogP contribution in [0.1, 0.15) is 26.5 Å². The number of carboxylic acid groups (broad SMARTS) is 1. The highest BCUT2D eigenvalue weighted by atomic mass is 16.5. The molecule has 0 aliphatic heterocycles. The Kier molecular flexibility index (Phi) is 8.34. The first-order chi connectivity index (χ1) is 12.3. The summed E-state index contributed by atoms with van der Waals surface area (Å²) in [5, 5.41) is 8.47. The predicted octanol–water partition coefficient (Wildman–Crippen LogP) is -0.710. The Labute approximate surface area is 149 Å². The van der Waals surface area contributed by atoms with E-state index in [4.69, 9.17) is 27.0 Å². The third-order valence-electron chi connectivity index (χ3n) is 2.88. The molecule has 138 valence electrons. The molecule has 10 nitrogen and oxygen atoms in total. The van der Waals surface area contributed by atoms with E-state index in [2.05, 4.69) is 9.97 Å². The van der Waals surface area contributed by atoms with Crippen LogP contribution < -0.4 is 17.2 Å². The minimum Gasteiger partial charge on any atom is -0.480 e. The van der Waals surface area contributed by atoms with Crippen molar-refractivity contribution in [1.29, 1.82) is 0 Å². The molecule has 0 spiro atoms. The number of aliphatic carboxylic acids is 1. The molecule has 0 unspecified atom stereocenters. The van der Waals surface area contributed by atoms with E-state index in [0.29, 0.717) is 6.61 Å². The van der Waals surface area contributed by atoms with Crippen LogP contribution in [0.15, 0.2) is 42.7 Å². The van der Waals surface area contributed by atoms with Crippen molar-refractivity contribution in [2.24, 2.45) is 17.2 Å². The lowest BCUT2D eigenvalue weighted by Gasteiger charge is -2.07. The molecule has 0 aliphatic rings. The van der Waals surface area contributed by atoms with Gasteiger partial charge in [0.2, 0.25) is 0 Å². The number of amides is 2. The molecule has 10 heteroatoms. The summed E-state index contributed by atoms with van der Waals surface area (Å²) in [4.78, 5) is 38.4. The van der Waals surface area contributed by atoms with Crippen molar-refractivity contribution in [2.45, 2.75) is 12.6 Å². The Morgan fingerprint density at radius 2 is 1.50 bits per heavy atom. The Morgan fingerprint density at radius 1 is 1.00 bits per heavy atom. The van der Waals surface area contributed by atoms with Gasteiger partial charge >= 0.3 is 5.97 Å². The van der Waals surface area contributed by atoms with Gasteiger partial charge in [-0.15, -0.1) is 0 Å². The van der Waals surface area contributed by atoms with Crippen molar-refractivity contribution in [3.05, 3.63) is 59.7 Å². The van der Waals surface area contributed by atoms with Crippen LogP contribution in [0.3, 0.4) is 0 Å². The quantitative estimate of drug-likeness (QED) is 0.498. The molecule has 1 aromatic heterocycles. The van der Waals surface area contributed by atoms with Crippen molar-refractivity contribution in [3.63, 3.8) is 0 Å². The van der Waals surface area contributed by atoms with E-state index in [1.165, 1.54) is 0 Å². The molecule has 0 saturated carbocycles. The number of nitrogens with zero attached hydrogens (tertiary/aromatic N) is 2. The number of hydrogen-bond donors (Lipinski definition) is 4. The highest BCUT2D eigenvalue weighted by Crippen LogP contribution is 2.00. The van der Waals surface area contributed by atoms with Gasteiger partial charge in [-0.3, -0.25) is 14.4 Å². The van der Waals surface area contributed by atoms with Crippen LogP contribution >= 0.6 is 0 Å². The van der Waals surface area contributed by atoms with Gasteiger partial charge in [0.15, 0.2) is 0 Å². The van der Waals surface area contributed by atoms with Gasteiger partial charge in [0, 0.05) is 0 Å². The summed E-state index contributed by atoms with van der Waals surface area (Å²) in [6.07, 6.45) is 2.20. The monoisotopic (exact) mass is 361 g/mol. The first kappa shape index (κ1) is 20.7. The van der Waals surface area contributed by atoms with E-state index < -0.39 is 23.8 Å². The number of primary amides is 2. The second kappa shape index (κ2) is 10.5. The third-order valence-corrected chi connectivity index (χ3v) is 2.88. The van der Waals surface area contributed by atoms with Crippen molar-refractivity contribution in [1.82, 2.24) is 9.97 Å². The number of rotatable bonds is 7. The van der Waals surface area contributed by atoms with E-state index in [0.717, 1.165) is 18.0 Å². The van der Waals surface area contributed by atoms with Crippen molar-refractivity contribution in [3.8, 4) is 0 Å². The minimum absolute atomic E-state index is 0.000000000000000222. The lowest BCUT2D eigenvalue weighted by atomic mass is 10.2. The Balaban J connectivity index is 0.000000263. The van der Waals surface area contributed by atoms with Gasteiger partial charge in [-0.05, 0) is 5.56 Å². The number of benzene rings is 1. The highest BCUT2D eigenvalue weighted by Gasteiger charge is 2.10. The average molecular weight is 361 g/mol. The molecule has 2 aromatic rings. The van der Waals surface area contributed by atoms with E-state index in [-0.39, 0.29) is 18.0 Å². The standard InChI is InChI=1S/C10H13NO3.C6H6N4O2/c11-9(10(12)13)7-14-6-8-4-2-1-3-5-8;7-5(11)3-1-9-4(2-10-3)6(8)12/h1-5,9H,6-7,11H2,(H,12,13);1-2H,(H2,7,11)(H2,8,12)/t9-;/m0./s1. The Morgan fingerprint density at radius 3 is 1.88 bits per heavy atom. The van der Waals surface area contributed by atoms with Crippen LogP contribution in [-0.2, 0) is 16.1 Å². The number of ether oxygens (including phenoxy) is 1. The molecule has 1 atom stereocenters. The maximum Gasteiger partial charge on any atom is 0.322 e. The number of carbonyl (C=O) groups excluding carboxylic acids is 2. The zero-order valence-electron chi connectivity index (χ0n) is 13.7. The fraction of sp³-hybridized carbons (Fsp3) is 0.188. The molecular formula is C16H19N5O5. The van der Waals surface area contributed by atoms with E-state index >= 15 is 0 Å². The number of aromatic nitrogens is 2. The maximum absolute atomic E-state index is 10.5. The predicted molar refractivity (Wildman–Crippen MR) is 90.8 cm³/mol. The summed E-state index contributed by atoms with van der Waals surface area (Å²) < 4.78 is 5.14. The van der Waals surface area contributed by atoms with Gasteiger partial charge in [-0.1, -0.05) is 30.3 Å². The summed E-state index contributed by atoms with van der Waals surface area (Å²) in [6, 6.07) is 8.58. The van der Waals surface area contributed by atoms with Crippen LogP contribution in [0.2, 0.25) is 0 Å². The molecule has 0 fully saturated rings. The molecule has 0 aliphatic carbocycles. The fourth-order valence-corrected chi connectivity index (χ4v) is 1.53. The Bertz CT molecular complexity index is 703. The normalized spacial score (nSPS) is 11.0. The number of carboxylic acids is 1. The van der Waals surface area contributed by atoms with E-state index in [1.807, 2.05) is 30.3 Å². The molecule has 26 heavy (non-hydrogen) atoms. The molecule has 2 rings (SSSR count). The van der Waals surface area contributed by atoms with Crippen LogP contribution in [0.25, 0.3) is 0 Å². The molecule has 2 amide bonds. The second-order valence-corrected chi connectivity index (χ2v) is 4.96. The second-order valence-electron chi connectivity index (χ2n) is 4.96. The molecule has 0 bridgehead atoms. The van der Waals surface area contributed by atoms with Crippen LogP contribution in [0.4, 0.5) is 0 Å². The number of carbonyl (C=O) groups is 3. The molecule has 0 saturated heterocycles. The van der Waals surface area contributed by atoms with Gasteiger partial charge in [-0.2, -0.15) is 0 Å². The van der Waals surface area contributed by atoms with Crippen LogP contribution in [0.5, 0.6) is 0 Å². The van der Waals surface area contributed by atoms with Gasteiger partial charge in [-0.25, -0.2) is 9.97 Å². The first-order valence-electron chi connectivity index (χ1n) is 7.33. The summed E-state index contributed by atoms with van der Waals surface area (Å²) in [5.41, 5.74) is 16.0. The van der Waals surface area contributed by atoms with Crippen molar-refractivity contribution >= 4 is 17.8 Å². The highest BCUT2D eigenvalue weighted by molar-refractivity contribution is 5.92. The Hall–Kier alpha value is -3.37. The van der Waals surface area contributed by atoms with Crippen molar-refractivity contribution in [2.75, 3.05) is 6.61 Å². The molecular weight excluding hydrogens is 342 g/mol. The smallest absolute Gasteiger partial charge is 0.322 e. The molecule has 7 N–H and O–H groups in total. The average Bonchev–Trinajstić information content (AvgIpc) is 2.63. The van der Waals surface area contributed by atoms with E-state index in [1.54, 1.807) is 0 Å². The molecule has 1 aromatic carbocycles. The number of hydrogen-bond acceptors (Lipinski definition) is 7. The van der Waals surface area contributed by atoms with Gasteiger partial charge in [0.05, 0.1) is 25.6 Å². The fourth-order valence-electron chi connectivity index (χ4n) is 1.53. The van der Waals surface area contributed by atoms with Crippen LogP contribution in [0, 0.1) is 0 Å². The lowest BCUT2D eigenvalue weighted by molar-refractivity contribution is -0.140. The van der Waals surface area contributed by atoms with Crippen molar-refractivity contribution < 1.29 is 24.2 Å². The van der Waals surface area contributed by atoms with Gasteiger partial charge < -0.3 is 27.0 Å². The first-order valence-corrected chi connectivity index (χ1v) is 7.33. The third kappa shape index (κ3) is 7.47. The lowest BCUT2D eigenvalue weighted by Crippen LogP contribution is -2.34. The van der Waals surface area contributed by atoms with Gasteiger partial charge in [0.25, 0.3) is 11.8 Å². The molecule has 0 radical (unpaired) electrons. The zero-order chi connectivity index (χ0) is 19.5. The summed E-state index contributed by atoms with van der Waals surface area (Å²) in [6.45, 7) is 0.423.